The molecule has 172 valence electrons. The van der Waals surface area contributed by atoms with Crippen molar-refractivity contribution in [1.29, 1.82) is 0 Å². The molecule has 3 rings (SSSR count). The van der Waals surface area contributed by atoms with Crippen LogP contribution in [0, 0.1) is 11.3 Å². The Balaban J connectivity index is 1.66. The molecule has 0 N–H and O–H groups in total. The Bertz CT molecular complexity index is 636. The summed E-state index contributed by atoms with van der Waals surface area (Å²) >= 11 is 12.9. The third-order valence-electron chi connectivity index (χ3n) is 5.56. The van der Waals surface area contributed by atoms with E-state index in [1.165, 1.54) is 0 Å². The van der Waals surface area contributed by atoms with Gasteiger partial charge in [0.05, 0.1) is 13.2 Å². The van der Waals surface area contributed by atoms with Crippen LogP contribution in [0.3, 0.4) is 0 Å². The van der Waals surface area contributed by atoms with Gasteiger partial charge in [-0.25, -0.2) is 0 Å². The lowest BCUT2D eigenvalue weighted by Gasteiger charge is -2.20. The van der Waals surface area contributed by atoms with Gasteiger partial charge >= 0.3 is 11.9 Å². The number of carbonyl (C=O) groups is 2. The van der Waals surface area contributed by atoms with Gasteiger partial charge in [-0.1, -0.05) is 36.5 Å². The van der Waals surface area contributed by atoms with Crippen molar-refractivity contribution < 1.29 is 38.0 Å². The van der Waals surface area contributed by atoms with E-state index >= 15 is 0 Å². The number of alkyl halides is 2. The average Bonchev–Trinajstić information content (AvgIpc) is 2.92. The molecule has 8 nitrogen and oxygen atoms in total. The number of ether oxygens (including phenoxy) is 6. The molecule has 0 aromatic heterocycles. The molecule has 30 heavy (non-hydrogen) atoms. The molecule has 2 heterocycles. The molecule has 3 fully saturated rings. The van der Waals surface area contributed by atoms with Gasteiger partial charge in [-0.2, -0.15) is 0 Å². The van der Waals surface area contributed by atoms with Crippen LogP contribution >= 0.6 is 23.2 Å². The maximum absolute atomic E-state index is 13.0. The summed E-state index contributed by atoms with van der Waals surface area (Å²) in [6.45, 7) is 9.39. The molecule has 0 radical (unpaired) electrons. The zero-order valence-corrected chi connectivity index (χ0v) is 19.5. The maximum Gasteiger partial charge on any atom is 0.327 e. The highest BCUT2D eigenvalue weighted by atomic mass is 35.5. The third-order valence-corrected chi connectivity index (χ3v) is 6.68. The highest BCUT2D eigenvalue weighted by Gasteiger charge is 2.86. The van der Waals surface area contributed by atoms with Crippen molar-refractivity contribution in [2.45, 2.75) is 75.6 Å². The van der Waals surface area contributed by atoms with E-state index in [1.807, 2.05) is 6.92 Å². The molecule has 0 amide bonds. The lowest BCUT2D eigenvalue weighted by Crippen LogP contribution is -2.38. The number of hydrogen-bond acceptors (Lipinski definition) is 8. The van der Waals surface area contributed by atoms with E-state index in [0.717, 1.165) is 0 Å². The number of esters is 2. The number of halogens is 2. The van der Waals surface area contributed by atoms with Gasteiger partial charge < -0.3 is 28.4 Å². The fraction of sp³-hybridized carbons (Fsp3) is 0.900. The van der Waals surface area contributed by atoms with Crippen LogP contribution in [0.1, 0.15) is 47.5 Å². The minimum atomic E-state index is -1.78. The van der Waals surface area contributed by atoms with E-state index in [2.05, 4.69) is 0 Å². The van der Waals surface area contributed by atoms with E-state index in [0.29, 0.717) is 12.8 Å². The van der Waals surface area contributed by atoms with E-state index < -0.39 is 51.4 Å². The second-order valence-corrected chi connectivity index (χ2v) is 10.3. The Labute approximate surface area is 186 Å². The Hall–Kier alpha value is -0.640. The minimum absolute atomic E-state index is 0.0756. The number of hydrogen-bond donors (Lipinski definition) is 0. The lowest BCUT2D eigenvalue weighted by molar-refractivity contribution is -0.175. The SMILES string of the molecule is CCCC1C(Cl)(Cl)C1(C(=O)OCC1COC(C)(C)O1)C(=O)OCC1COC(C)(C)O1. The second-order valence-electron chi connectivity index (χ2n) is 8.87. The lowest BCUT2D eigenvalue weighted by atomic mass is 10.0. The van der Waals surface area contributed by atoms with E-state index in [4.69, 9.17) is 51.6 Å². The Morgan fingerprint density at radius 1 is 0.900 bits per heavy atom. The Kier molecular flexibility index (Phi) is 6.70. The summed E-state index contributed by atoms with van der Waals surface area (Å²) in [7, 11) is 0. The normalized spacial score (nSPS) is 35.8. The summed E-state index contributed by atoms with van der Waals surface area (Å²) in [5.74, 6) is -3.73. The van der Waals surface area contributed by atoms with Crippen LogP contribution < -0.4 is 0 Å². The first-order valence-corrected chi connectivity index (χ1v) is 11.0. The van der Waals surface area contributed by atoms with Crippen molar-refractivity contribution >= 4 is 35.1 Å². The molecule has 0 spiro atoms. The van der Waals surface area contributed by atoms with Crippen molar-refractivity contribution in [1.82, 2.24) is 0 Å². The molecule has 1 saturated carbocycles. The molecular weight excluding hydrogens is 439 g/mol. The first-order valence-electron chi connectivity index (χ1n) is 10.2. The van der Waals surface area contributed by atoms with Gasteiger partial charge in [0.25, 0.3) is 0 Å². The second kappa shape index (κ2) is 8.37. The first-order chi connectivity index (χ1) is 13.9. The monoisotopic (exact) mass is 468 g/mol. The van der Waals surface area contributed by atoms with Crippen LogP contribution in [0.25, 0.3) is 0 Å². The molecule has 0 aromatic carbocycles. The zero-order valence-electron chi connectivity index (χ0n) is 18.0. The zero-order chi connectivity index (χ0) is 22.4. The Morgan fingerprint density at radius 2 is 1.33 bits per heavy atom. The average molecular weight is 469 g/mol. The van der Waals surface area contributed by atoms with E-state index in [-0.39, 0.29) is 26.4 Å². The molecule has 10 heteroatoms. The fourth-order valence-electron chi connectivity index (χ4n) is 4.06. The van der Waals surface area contributed by atoms with E-state index in [1.54, 1.807) is 27.7 Å². The summed E-state index contributed by atoms with van der Waals surface area (Å²) in [5, 5.41) is 0. The topological polar surface area (TPSA) is 89.5 Å². The quantitative estimate of drug-likeness (QED) is 0.305. The molecule has 2 saturated heterocycles. The summed E-state index contributed by atoms with van der Waals surface area (Å²) < 4.78 is 31.4. The van der Waals surface area contributed by atoms with Gasteiger partial charge in [-0.15, -0.1) is 0 Å². The van der Waals surface area contributed by atoms with Crippen LogP contribution in [0.15, 0.2) is 0 Å². The van der Waals surface area contributed by atoms with Gasteiger partial charge in [0.15, 0.2) is 11.6 Å². The van der Waals surface area contributed by atoms with Crippen LogP contribution in [0.4, 0.5) is 0 Å². The maximum atomic E-state index is 13.0. The predicted octanol–water partition coefficient (Wildman–Crippen LogP) is 2.97. The van der Waals surface area contributed by atoms with Crippen LogP contribution in [-0.2, 0) is 38.0 Å². The van der Waals surface area contributed by atoms with Crippen LogP contribution in [0.5, 0.6) is 0 Å². The van der Waals surface area contributed by atoms with Crippen molar-refractivity contribution in [3.05, 3.63) is 0 Å². The van der Waals surface area contributed by atoms with Gasteiger partial charge in [0.1, 0.15) is 29.8 Å². The largest absolute Gasteiger partial charge is 0.462 e. The summed E-state index contributed by atoms with van der Waals surface area (Å²) in [4.78, 5) is 26.1. The summed E-state index contributed by atoms with van der Waals surface area (Å²) in [6.07, 6.45) is 0.289. The molecule has 3 unspecified atom stereocenters. The van der Waals surface area contributed by atoms with Gasteiger partial charge in [-0.3, -0.25) is 9.59 Å². The number of rotatable bonds is 8. The van der Waals surface area contributed by atoms with Crippen LogP contribution in [-0.4, -0.2) is 66.5 Å². The van der Waals surface area contributed by atoms with Gasteiger partial charge in [-0.05, 0) is 34.1 Å². The first kappa shape index (κ1) is 24.0. The Morgan fingerprint density at radius 3 is 1.67 bits per heavy atom. The minimum Gasteiger partial charge on any atom is -0.462 e. The highest BCUT2D eigenvalue weighted by molar-refractivity contribution is 6.55. The number of carbonyl (C=O) groups excluding carboxylic acids is 2. The van der Waals surface area contributed by atoms with E-state index in [9.17, 15) is 9.59 Å². The molecule has 0 aromatic rings. The third kappa shape index (κ3) is 4.45. The summed E-state index contributed by atoms with van der Waals surface area (Å²) in [5.41, 5.74) is -1.78. The molecule has 3 aliphatic rings. The summed E-state index contributed by atoms with van der Waals surface area (Å²) in [6, 6.07) is 0. The molecular formula is C20H30Cl2O8. The van der Waals surface area contributed by atoms with Crippen molar-refractivity contribution in [2.24, 2.45) is 11.3 Å². The van der Waals surface area contributed by atoms with Crippen molar-refractivity contribution in [3.8, 4) is 0 Å². The van der Waals surface area contributed by atoms with Crippen LogP contribution in [0.2, 0.25) is 0 Å². The standard InChI is InChI=1S/C20H30Cl2O8/c1-6-7-14-19(20(14,21)22,15(23)25-8-12-10-27-17(2,3)29-12)16(24)26-9-13-11-28-18(4,5)30-13/h12-14H,6-11H2,1-5H3. The molecule has 3 atom stereocenters. The fourth-order valence-corrected chi connectivity index (χ4v) is 5.06. The molecule has 0 bridgehead atoms. The van der Waals surface area contributed by atoms with Gasteiger partial charge in [0, 0.05) is 5.92 Å². The molecule has 2 aliphatic heterocycles. The predicted molar refractivity (Wildman–Crippen MR) is 107 cm³/mol. The van der Waals surface area contributed by atoms with Crippen molar-refractivity contribution in [2.75, 3.05) is 26.4 Å². The van der Waals surface area contributed by atoms with Crippen molar-refractivity contribution in [3.63, 3.8) is 0 Å². The smallest absolute Gasteiger partial charge is 0.327 e. The highest BCUT2D eigenvalue weighted by Crippen LogP contribution is 2.71. The molecule has 1 aliphatic carbocycles. The van der Waals surface area contributed by atoms with Gasteiger partial charge in [0.2, 0.25) is 5.41 Å².